The van der Waals surface area contributed by atoms with Crippen molar-refractivity contribution in [2.75, 3.05) is 0 Å². The molecular weight excluding hydrogens is 212 g/mol. The molecule has 0 aliphatic carbocycles. The maximum atomic E-state index is 9.30. The van der Waals surface area contributed by atoms with Crippen molar-refractivity contribution in [1.29, 1.82) is 0 Å². The van der Waals surface area contributed by atoms with E-state index in [-0.39, 0.29) is 0 Å². The van der Waals surface area contributed by atoms with Crippen LogP contribution in [0.5, 0.6) is 0 Å². The molecule has 0 saturated carbocycles. The number of aliphatic hydroxyl groups excluding tert-OH is 1. The molecule has 0 spiro atoms. The van der Waals surface area contributed by atoms with E-state index < -0.39 is 6.10 Å². The van der Waals surface area contributed by atoms with Crippen LogP contribution in [0.4, 0.5) is 0 Å². The Hall–Kier alpha value is -1.14. The minimum atomic E-state index is -0.420. The monoisotopic (exact) mass is 224 g/mol. The third-order valence-electron chi connectivity index (χ3n) is 2.09. The Kier molecular flexibility index (Phi) is 2.88. The van der Waals surface area contributed by atoms with Gasteiger partial charge >= 0.3 is 0 Å². The number of hydrogen-bond donors (Lipinski definition) is 2. The second kappa shape index (κ2) is 4.16. The first-order valence-corrected chi connectivity index (χ1v) is 5.29. The largest absolute Gasteiger partial charge is 0.392 e. The van der Waals surface area contributed by atoms with Crippen LogP contribution in [0.15, 0.2) is 12.7 Å². The molecule has 0 aliphatic heterocycles. The summed E-state index contributed by atoms with van der Waals surface area (Å²) >= 11 is 4.18. The Morgan fingerprint density at radius 1 is 1.47 bits per heavy atom. The molecule has 0 aliphatic rings. The van der Waals surface area contributed by atoms with Crippen LogP contribution in [0.25, 0.3) is 11.2 Å². The predicted molar refractivity (Wildman–Crippen MR) is 59.7 cm³/mol. The SMILES string of the molecule is C[C@@H](O)Cn1cnc2c(CS)ncnc21. The van der Waals surface area contributed by atoms with Gasteiger partial charge in [-0.3, -0.25) is 0 Å². The average Bonchev–Trinajstić information content (AvgIpc) is 2.61. The number of fused-ring (bicyclic) bond motifs is 1. The molecule has 2 aromatic rings. The second-order valence-electron chi connectivity index (χ2n) is 3.40. The van der Waals surface area contributed by atoms with Crippen molar-refractivity contribution in [3.8, 4) is 0 Å². The Labute approximate surface area is 92.6 Å². The normalized spacial score (nSPS) is 13.3. The minimum absolute atomic E-state index is 0.420. The van der Waals surface area contributed by atoms with Crippen molar-refractivity contribution < 1.29 is 5.11 Å². The van der Waals surface area contributed by atoms with Gasteiger partial charge in [-0.2, -0.15) is 12.6 Å². The smallest absolute Gasteiger partial charge is 0.163 e. The molecule has 0 unspecified atom stereocenters. The molecule has 0 saturated heterocycles. The number of hydrogen-bond acceptors (Lipinski definition) is 5. The van der Waals surface area contributed by atoms with Crippen LogP contribution in [-0.4, -0.2) is 30.7 Å². The molecule has 80 valence electrons. The van der Waals surface area contributed by atoms with Crippen molar-refractivity contribution in [3.05, 3.63) is 18.3 Å². The van der Waals surface area contributed by atoms with Gasteiger partial charge in [0.15, 0.2) is 5.65 Å². The summed E-state index contributed by atoms with van der Waals surface area (Å²) in [5.74, 6) is 0.532. The van der Waals surface area contributed by atoms with E-state index in [0.717, 1.165) is 16.9 Å². The molecule has 0 amide bonds. The van der Waals surface area contributed by atoms with E-state index in [4.69, 9.17) is 0 Å². The zero-order valence-electron chi connectivity index (χ0n) is 8.33. The van der Waals surface area contributed by atoms with E-state index in [0.29, 0.717) is 12.3 Å². The van der Waals surface area contributed by atoms with Crippen LogP contribution in [0.1, 0.15) is 12.6 Å². The maximum absolute atomic E-state index is 9.30. The number of thiol groups is 1. The molecule has 1 atom stereocenters. The van der Waals surface area contributed by atoms with Crippen LogP contribution in [-0.2, 0) is 12.3 Å². The Balaban J connectivity index is 2.51. The molecule has 5 nitrogen and oxygen atoms in total. The second-order valence-corrected chi connectivity index (χ2v) is 3.71. The van der Waals surface area contributed by atoms with Gasteiger partial charge in [0.25, 0.3) is 0 Å². The average molecular weight is 224 g/mol. The van der Waals surface area contributed by atoms with Gasteiger partial charge < -0.3 is 9.67 Å². The van der Waals surface area contributed by atoms with Crippen molar-refractivity contribution in [2.24, 2.45) is 0 Å². The topological polar surface area (TPSA) is 63.8 Å². The van der Waals surface area contributed by atoms with E-state index >= 15 is 0 Å². The van der Waals surface area contributed by atoms with Gasteiger partial charge in [-0.25, -0.2) is 15.0 Å². The van der Waals surface area contributed by atoms with E-state index in [2.05, 4.69) is 27.6 Å². The lowest BCUT2D eigenvalue weighted by molar-refractivity contribution is 0.175. The molecule has 1 N–H and O–H groups in total. The van der Waals surface area contributed by atoms with Crippen molar-refractivity contribution in [1.82, 2.24) is 19.5 Å². The minimum Gasteiger partial charge on any atom is -0.392 e. The van der Waals surface area contributed by atoms with Crippen molar-refractivity contribution >= 4 is 23.8 Å². The summed E-state index contributed by atoms with van der Waals surface area (Å²) in [5, 5.41) is 9.30. The summed E-state index contributed by atoms with van der Waals surface area (Å²) in [6.45, 7) is 2.21. The zero-order valence-corrected chi connectivity index (χ0v) is 9.22. The van der Waals surface area contributed by atoms with Gasteiger partial charge in [0.2, 0.25) is 0 Å². The highest BCUT2D eigenvalue weighted by atomic mass is 32.1. The molecule has 6 heteroatoms. The lowest BCUT2D eigenvalue weighted by atomic mass is 10.4. The number of aliphatic hydroxyl groups is 1. The van der Waals surface area contributed by atoms with Crippen LogP contribution < -0.4 is 0 Å². The molecule has 2 rings (SSSR count). The fraction of sp³-hybridized carbons (Fsp3) is 0.444. The molecule has 15 heavy (non-hydrogen) atoms. The maximum Gasteiger partial charge on any atom is 0.163 e. The summed E-state index contributed by atoms with van der Waals surface area (Å²) in [7, 11) is 0. The first-order chi connectivity index (χ1) is 7.22. The van der Waals surface area contributed by atoms with Gasteiger partial charge in [0.1, 0.15) is 11.8 Å². The predicted octanol–water partition coefficient (Wildman–Crippen LogP) is 0.637. The van der Waals surface area contributed by atoms with Gasteiger partial charge in [-0.15, -0.1) is 0 Å². The van der Waals surface area contributed by atoms with E-state index in [1.165, 1.54) is 6.33 Å². The lowest BCUT2D eigenvalue weighted by Crippen LogP contribution is -2.11. The molecule has 0 fully saturated rings. The van der Waals surface area contributed by atoms with Crippen LogP contribution in [0, 0.1) is 0 Å². The number of imidazole rings is 1. The van der Waals surface area contributed by atoms with Gasteiger partial charge in [-0.05, 0) is 6.92 Å². The van der Waals surface area contributed by atoms with Crippen molar-refractivity contribution in [3.63, 3.8) is 0 Å². The van der Waals surface area contributed by atoms with Gasteiger partial charge in [0, 0.05) is 5.75 Å². The summed E-state index contributed by atoms with van der Waals surface area (Å²) in [6, 6.07) is 0. The Bertz CT molecular complexity index is 468. The number of rotatable bonds is 3. The third kappa shape index (κ3) is 1.95. The van der Waals surface area contributed by atoms with Crippen LogP contribution in [0.3, 0.4) is 0 Å². The van der Waals surface area contributed by atoms with Crippen LogP contribution in [0.2, 0.25) is 0 Å². The summed E-state index contributed by atoms with van der Waals surface area (Å²) in [6.07, 6.45) is 2.74. The highest BCUT2D eigenvalue weighted by Gasteiger charge is 2.09. The van der Waals surface area contributed by atoms with Gasteiger partial charge in [0.05, 0.1) is 24.7 Å². The zero-order chi connectivity index (χ0) is 10.8. The fourth-order valence-corrected chi connectivity index (χ4v) is 1.69. The Morgan fingerprint density at radius 2 is 2.27 bits per heavy atom. The Morgan fingerprint density at radius 3 is 2.93 bits per heavy atom. The first-order valence-electron chi connectivity index (χ1n) is 4.66. The van der Waals surface area contributed by atoms with E-state index in [1.54, 1.807) is 13.3 Å². The lowest BCUT2D eigenvalue weighted by Gasteiger charge is -2.05. The molecule has 2 heterocycles. The van der Waals surface area contributed by atoms with Crippen molar-refractivity contribution in [2.45, 2.75) is 25.3 Å². The van der Waals surface area contributed by atoms with E-state index in [1.807, 2.05) is 4.57 Å². The van der Waals surface area contributed by atoms with Gasteiger partial charge in [-0.1, -0.05) is 0 Å². The highest BCUT2D eigenvalue weighted by molar-refractivity contribution is 7.79. The summed E-state index contributed by atoms with van der Waals surface area (Å²) in [5.41, 5.74) is 2.32. The number of aromatic nitrogens is 4. The molecular formula is C9H12N4OS. The van der Waals surface area contributed by atoms with E-state index in [9.17, 15) is 5.11 Å². The summed E-state index contributed by atoms with van der Waals surface area (Å²) in [4.78, 5) is 12.5. The fourth-order valence-electron chi connectivity index (χ4n) is 1.46. The number of nitrogens with zero attached hydrogens (tertiary/aromatic N) is 4. The molecule has 0 radical (unpaired) electrons. The highest BCUT2D eigenvalue weighted by Crippen LogP contribution is 2.14. The quantitative estimate of drug-likeness (QED) is 0.751. The third-order valence-corrected chi connectivity index (χ3v) is 2.39. The summed E-state index contributed by atoms with van der Waals surface area (Å²) < 4.78 is 1.81. The molecule has 0 bridgehead atoms. The molecule has 2 aromatic heterocycles. The van der Waals surface area contributed by atoms with Crippen LogP contribution >= 0.6 is 12.6 Å². The first kappa shape index (κ1) is 10.4. The standard InChI is InChI=1S/C9H12N4OS/c1-6(14)2-13-5-12-8-7(3-15)10-4-11-9(8)13/h4-6,14-15H,2-3H2,1H3/t6-/m1/s1. The molecule has 0 aromatic carbocycles.